The first-order valence-electron chi connectivity index (χ1n) is 5.28. The van der Waals surface area contributed by atoms with Gasteiger partial charge in [0.25, 0.3) is 5.91 Å². The molecule has 1 unspecified atom stereocenters. The first-order valence-corrected chi connectivity index (χ1v) is 5.28. The van der Waals surface area contributed by atoms with Gasteiger partial charge in [-0.3, -0.25) is 4.79 Å². The van der Waals surface area contributed by atoms with Crippen molar-refractivity contribution in [1.82, 2.24) is 0 Å². The van der Waals surface area contributed by atoms with Crippen LogP contribution in [0.5, 0.6) is 5.75 Å². The Labute approximate surface area is 101 Å². The standard InChI is InChI=1S/C12H18N2O3/c1-7(6-16-2)10-9(17-3)5-4-8(11(10)13)12(14)15/h4-5,7H,6,13H2,1-3H3,(H2,14,15). The highest BCUT2D eigenvalue weighted by molar-refractivity contribution is 5.99. The van der Waals surface area contributed by atoms with Crippen LogP contribution in [0.15, 0.2) is 12.1 Å². The van der Waals surface area contributed by atoms with E-state index in [1.54, 1.807) is 26.4 Å². The van der Waals surface area contributed by atoms with Crippen LogP contribution in [-0.2, 0) is 4.74 Å². The Morgan fingerprint density at radius 1 is 1.41 bits per heavy atom. The molecule has 4 N–H and O–H groups in total. The van der Waals surface area contributed by atoms with Gasteiger partial charge >= 0.3 is 0 Å². The summed E-state index contributed by atoms with van der Waals surface area (Å²) in [5.41, 5.74) is 12.6. The number of ether oxygens (including phenoxy) is 2. The van der Waals surface area contributed by atoms with Gasteiger partial charge < -0.3 is 20.9 Å². The molecule has 0 fully saturated rings. The molecule has 0 aliphatic heterocycles. The third kappa shape index (κ3) is 2.68. The fraction of sp³-hybridized carbons (Fsp3) is 0.417. The quantitative estimate of drug-likeness (QED) is 0.752. The average Bonchev–Trinajstić information content (AvgIpc) is 2.27. The minimum Gasteiger partial charge on any atom is -0.496 e. The molecule has 0 aliphatic rings. The molecule has 0 aromatic heterocycles. The van der Waals surface area contributed by atoms with E-state index in [2.05, 4.69) is 0 Å². The van der Waals surface area contributed by atoms with Gasteiger partial charge in [0.2, 0.25) is 0 Å². The maximum atomic E-state index is 11.2. The third-order valence-corrected chi connectivity index (χ3v) is 2.64. The number of nitrogens with two attached hydrogens (primary N) is 2. The molecule has 0 saturated heterocycles. The normalized spacial score (nSPS) is 12.2. The largest absolute Gasteiger partial charge is 0.496 e. The predicted molar refractivity (Wildman–Crippen MR) is 66.2 cm³/mol. The molecule has 1 rings (SSSR count). The number of rotatable bonds is 5. The molecular weight excluding hydrogens is 220 g/mol. The molecule has 0 heterocycles. The van der Waals surface area contributed by atoms with Gasteiger partial charge in [0, 0.05) is 18.6 Å². The lowest BCUT2D eigenvalue weighted by atomic mass is 9.95. The van der Waals surface area contributed by atoms with Crippen molar-refractivity contribution in [1.29, 1.82) is 0 Å². The summed E-state index contributed by atoms with van der Waals surface area (Å²) < 4.78 is 10.3. The number of hydrogen-bond donors (Lipinski definition) is 2. The van der Waals surface area contributed by atoms with Crippen molar-refractivity contribution in [2.75, 3.05) is 26.6 Å². The molecule has 94 valence electrons. The number of benzene rings is 1. The van der Waals surface area contributed by atoms with Gasteiger partial charge in [0.1, 0.15) is 5.75 Å². The van der Waals surface area contributed by atoms with Crippen LogP contribution < -0.4 is 16.2 Å². The summed E-state index contributed by atoms with van der Waals surface area (Å²) in [6, 6.07) is 3.26. The number of carbonyl (C=O) groups excluding carboxylic acids is 1. The second kappa shape index (κ2) is 5.54. The van der Waals surface area contributed by atoms with Crippen LogP contribution >= 0.6 is 0 Å². The van der Waals surface area contributed by atoms with Crippen molar-refractivity contribution in [2.45, 2.75) is 12.8 Å². The number of hydrogen-bond acceptors (Lipinski definition) is 4. The highest BCUT2D eigenvalue weighted by atomic mass is 16.5. The molecular formula is C12H18N2O3. The molecule has 0 radical (unpaired) electrons. The number of carbonyl (C=O) groups is 1. The lowest BCUT2D eigenvalue weighted by Crippen LogP contribution is -2.16. The number of amides is 1. The average molecular weight is 238 g/mol. The SMILES string of the molecule is COCC(C)c1c(OC)ccc(C(N)=O)c1N. The van der Waals surface area contributed by atoms with Crippen LogP contribution in [0.4, 0.5) is 5.69 Å². The number of methoxy groups -OCH3 is 2. The van der Waals surface area contributed by atoms with Gasteiger partial charge in [-0.25, -0.2) is 0 Å². The molecule has 17 heavy (non-hydrogen) atoms. The van der Waals surface area contributed by atoms with Gasteiger partial charge in [-0.2, -0.15) is 0 Å². The summed E-state index contributed by atoms with van der Waals surface area (Å²) in [4.78, 5) is 11.2. The molecule has 0 saturated carbocycles. The lowest BCUT2D eigenvalue weighted by Gasteiger charge is -2.18. The van der Waals surface area contributed by atoms with Crippen LogP contribution in [0.2, 0.25) is 0 Å². The predicted octanol–water partition coefficient (Wildman–Crippen LogP) is 1.13. The van der Waals surface area contributed by atoms with E-state index >= 15 is 0 Å². The van der Waals surface area contributed by atoms with E-state index < -0.39 is 5.91 Å². The number of nitrogen functional groups attached to an aromatic ring is 1. The zero-order valence-corrected chi connectivity index (χ0v) is 10.3. The van der Waals surface area contributed by atoms with Crippen molar-refractivity contribution in [3.63, 3.8) is 0 Å². The van der Waals surface area contributed by atoms with Gasteiger partial charge in [-0.15, -0.1) is 0 Å². The van der Waals surface area contributed by atoms with Crippen LogP contribution in [0.1, 0.15) is 28.8 Å². The molecule has 0 bridgehead atoms. The monoisotopic (exact) mass is 238 g/mol. The Bertz CT molecular complexity index is 418. The smallest absolute Gasteiger partial charge is 0.250 e. The van der Waals surface area contributed by atoms with Crippen LogP contribution in [0.25, 0.3) is 0 Å². The van der Waals surface area contributed by atoms with E-state index in [4.69, 9.17) is 20.9 Å². The summed E-state index contributed by atoms with van der Waals surface area (Å²) >= 11 is 0. The van der Waals surface area contributed by atoms with Gasteiger partial charge in [-0.05, 0) is 12.1 Å². The van der Waals surface area contributed by atoms with Crippen molar-refractivity contribution >= 4 is 11.6 Å². The summed E-state index contributed by atoms with van der Waals surface area (Å²) in [5, 5.41) is 0. The molecule has 1 amide bonds. The van der Waals surface area contributed by atoms with Crippen molar-refractivity contribution in [3.05, 3.63) is 23.3 Å². The third-order valence-electron chi connectivity index (χ3n) is 2.64. The summed E-state index contributed by atoms with van der Waals surface area (Å²) in [7, 11) is 3.17. The first kappa shape index (κ1) is 13.3. The van der Waals surface area contributed by atoms with E-state index in [9.17, 15) is 4.79 Å². The zero-order chi connectivity index (χ0) is 13.0. The Hall–Kier alpha value is -1.75. The fourth-order valence-corrected chi connectivity index (χ4v) is 1.85. The van der Waals surface area contributed by atoms with Crippen LogP contribution in [-0.4, -0.2) is 26.7 Å². The molecule has 5 heteroatoms. The van der Waals surface area contributed by atoms with E-state index in [1.165, 1.54) is 0 Å². The molecule has 1 aromatic rings. The molecule has 1 aromatic carbocycles. The van der Waals surface area contributed by atoms with E-state index in [0.29, 0.717) is 23.6 Å². The highest BCUT2D eigenvalue weighted by Crippen LogP contribution is 2.34. The van der Waals surface area contributed by atoms with Crippen molar-refractivity contribution in [2.24, 2.45) is 5.73 Å². The molecule has 0 spiro atoms. The summed E-state index contributed by atoms with van der Waals surface area (Å²) in [6.07, 6.45) is 0. The minimum atomic E-state index is -0.545. The minimum absolute atomic E-state index is 0.0225. The van der Waals surface area contributed by atoms with Crippen LogP contribution in [0, 0.1) is 0 Å². The second-order valence-electron chi connectivity index (χ2n) is 3.86. The summed E-state index contributed by atoms with van der Waals surface area (Å²) in [5.74, 6) is 0.113. The second-order valence-corrected chi connectivity index (χ2v) is 3.86. The number of primary amides is 1. The Morgan fingerprint density at radius 3 is 2.53 bits per heavy atom. The Balaban J connectivity index is 3.31. The summed E-state index contributed by atoms with van der Waals surface area (Å²) in [6.45, 7) is 2.44. The fourth-order valence-electron chi connectivity index (χ4n) is 1.85. The van der Waals surface area contributed by atoms with E-state index in [0.717, 1.165) is 5.56 Å². The number of anilines is 1. The van der Waals surface area contributed by atoms with E-state index in [-0.39, 0.29) is 5.92 Å². The Kier molecular flexibility index (Phi) is 4.34. The van der Waals surface area contributed by atoms with Crippen molar-refractivity contribution in [3.8, 4) is 5.75 Å². The van der Waals surface area contributed by atoms with Crippen molar-refractivity contribution < 1.29 is 14.3 Å². The molecule has 1 atom stereocenters. The first-order chi connectivity index (χ1) is 8.02. The van der Waals surface area contributed by atoms with Gasteiger partial charge in [0.05, 0.1) is 25.0 Å². The topological polar surface area (TPSA) is 87.6 Å². The van der Waals surface area contributed by atoms with Crippen LogP contribution in [0.3, 0.4) is 0 Å². The Morgan fingerprint density at radius 2 is 2.06 bits per heavy atom. The highest BCUT2D eigenvalue weighted by Gasteiger charge is 2.19. The molecule has 0 aliphatic carbocycles. The molecule has 5 nitrogen and oxygen atoms in total. The maximum Gasteiger partial charge on any atom is 0.250 e. The maximum absolute atomic E-state index is 11.2. The zero-order valence-electron chi connectivity index (χ0n) is 10.3. The van der Waals surface area contributed by atoms with E-state index in [1.807, 2.05) is 6.92 Å². The van der Waals surface area contributed by atoms with Gasteiger partial charge in [0.15, 0.2) is 0 Å². The lowest BCUT2D eigenvalue weighted by molar-refractivity contribution is 0.100. The van der Waals surface area contributed by atoms with Gasteiger partial charge in [-0.1, -0.05) is 6.92 Å².